The van der Waals surface area contributed by atoms with Gasteiger partial charge in [-0.3, -0.25) is 9.59 Å². The number of rotatable bonds is 6. The van der Waals surface area contributed by atoms with Gasteiger partial charge in [-0.1, -0.05) is 30.3 Å². The maximum absolute atomic E-state index is 12.6. The third kappa shape index (κ3) is 4.56. The molecule has 1 unspecified atom stereocenters. The average Bonchev–Trinajstić information content (AvgIpc) is 2.55. The number of hydrogen-bond donors (Lipinski definition) is 2. The Morgan fingerprint density at radius 1 is 1.20 bits per heavy atom. The number of amides is 1. The van der Waals surface area contributed by atoms with Gasteiger partial charge < -0.3 is 15.0 Å². The predicted molar refractivity (Wildman–Crippen MR) is 94.2 cm³/mol. The Morgan fingerprint density at radius 3 is 2.40 bits per heavy atom. The molecule has 0 bridgehead atoms. The maximum atomic E-state index is 12.6. The Balaban J connectivity index is 2.19. The van der Waals surface area contributed by atoms with Gasteiger partial charge in [-0.15, -0.1) is 0 Å². The first-order valence-corrected chi connectivity index (χ1v) is 7.96. The zero-order chi connectivity index (χ0) is 18.6. The van der Waals surface area contributed by atoms with Crippen LogP contribution in [0.1, 0.15) is 31.0 Å². The topological polar surface area (TPSA) is 88.4 Å². The van der Waals surface area contributed by atoms with Gasteiger partial charge in [0.2, 0.25) is 5.91 Å². The van der Waals surface area contributed by atoms with Gasteiger partial charge >= 0.3 is 5.97 Å². The molecule has 0 fully saturated rings. The number of carbonyl (C=O) groups excluding carboxylic acids is 1. The van der Waals surface area contributed by atoms with Gasteiger partial charge in [0, 0.05) is 18.8 Å². The van der Waals surface area contributed by atoms with Crippen LogP contribution in [-0.2, 0) is 16.1 Å². The summed E-state index contributed by atoms with van der Waals surface area (Å²) in [6.45, 7) is 5.33. The SMILES string of the molecule is Cc1ccn(CC(C)(C)C(=O)NC(C(=O)O)c2ccccc2)c(=O)c1. The number of aliphatic carboxylic acids is 1. The molecule has 132 valence electrons. The molecule has 0 aliphatic heterocycles. The van der Waals surface area contributed by atoms with Crippen LogP contribution in [0.3, 0.4) is 0 Å². The van der Waals surface area contributed by atoms with Gasteiger partial charge in [0.25, 0.3) is 5.56 Å². The molecule has 0 aliphatic rings. The van der Waals surface area contributed by atoms with E-state index in [-0.39, 0.29) is 12.1 Å². The smallest absolute Gasteiger partial charge is 0.330 e. The van der Waals surface area contributed by atoms with E-state index in [1.54, 1.807) is 56.4 Å². The highest BCUT2D eigenvalue weighted by molar-refractivity contribution is 5.87. The van der Waals surface area contributed by atoms with Crippen LogP contribution in [-0.4, -0.2) is 21.6 Å². The fraction of sp³-hybridized carbons (Fsp3) is 0.316. The van der Waals surface area contributed by atoms with E-state index in [1.165, 1.54) is 10.6 Å². The molecule has 2 N–H and O–H groups in total. The van der Waals surface area contributed by atoms with Gasteiger partial charge in [-0.2, -0.15) is 0 Å². The summed E-state index contributed by atoms with van der Waals surface area (Å²) >= 11 is 0. The molecule has 0 saturated carbocycles. The van der Waals surface area contributed by atoms with Crippen LogP contribution in [0.2, 0.25) is 0 Å². The normalized spacial score (nSPS) is 12.4. The summed E-state index contributed by atoms with van der Waals surface area (Å²) in [6, 6.07) is 10.7. The minimum Gasteiger partial charge on any atom is -0.479 e. The molecule has 6 heteroatoms. The summed E-state index contributed by atoms with van der Waals surface area (Å²) in [5, 5.41) is 12.0. The second-order valence-corrected chi connectivity index (χ2v) is 6.71. The number of aryl methyl sites for hydroxylation is 1. The Morgan fingerprint density at radius 2 is 1.84 bits per heavy atom. The number of carboxylic acid groups (broad SMARTS) is 1. The van der Waals surface area contributed by atoms with Gasteiger partial charge in [-0.05, 0) is 38.0 Å². The molecule has 1 aromatic heterocycles. The molecule has 0 spiro atoms. The van der Waals surface area contributed by atoms with E-state index < -0.39 is 23.3 Å². The quantitative estimate of drug-likeness (QED) is 0.842. The van der Waals surface area contributed by atoms with Crippen molar-refractivity contribution >= 4 is 11.9 Å². The number of benzene rings is 1. The molecule has 1 heterocycles. The Hall–Kier alpha value is -2.89. The summed E-state index contributed by atoms with van der Waals surface area (Å²) in [5.74, 6) is -1.57. The molecule has 2 aromatic rings. The maximum Gasteiger partial charge on any atom is 0.330 e. The van der Waals surface area contributed by atoms with Crippen LogP contribution >= 0.6 is 0 Å². The largest absolute Gasteiger partial charge is 0.479 e. The molecule has 6 nitrogen and oxygen atoms in total. The van der Waals surface area contributed by atoms with E-state index >= 15 is 0 Å². The minimum absolute atomic E-state index is 0.152. The van der Waals surface area contributed by atoms with Crippen LogP contribution in [0.4, 0.5) is 0 Å². The summed E-state index contributed by atoms with van der Waals surface area (Å²) in [4.78, 5) is 36.2. The second kappa shape index (κ2) is 7.34. The van der Waals surface area contributed by atoms with Crippen molar-refractivity contribution < 1.29 is 14.7 Å². The third-order valence-corrected chi connectivity index (χ3v) is 3.99. The third-order valence-electron chi connectivity index (χ3n) is 3.99. The van der Waals surface area contributed by atoms with E-state index in [1.807, 2.05) is 6.92 Å². The lowest BCUT2D eigenvalue weighted by Gasteiger charge is -2.26. The lowest BCUT2D eigenvalue weighted by Crippen LogP contribution is -2.44. The highest BCUT2D eigenvalue weighted by Crippen LogP contribution is 2.21. The first kappa shape index (κ1) is 18.4. The lowest BCUT2D eigenvalue weighted by molar-refractivity contribution is -0.143. The Labute approximate surface area is 146 Å². The van der Waals surface area contributed by atoms with Crippen molar-refractivity contribution in [1.82, 2.24) is 9.88 Å². The van der Waals surface area contributed by atoms with Crippen LogP contribution in [0, 0.1) is 12.3 Å². The van der Waals surface area contributed by atoms with Crippen molar-refractivity contribution in [3.63, 3.8) is 0 Å². The van der Waals surface area contributed by atoms with Crippen molar-refractivity contribution in [3.05, 3.63) is 70.1 Å². The standard InChI is InChI=1S/C19H22N2O4/c1-13-9-10-21(15(22)11-13)12-19(2,3)18(25)20-16(17(23)24)14-7-5-4-6-8-14/h4-11,16H,12H2,1-3H3,(H,20,25)(H,23,24). The number of carbonyl (C=O) groups is 2. The molecule has 0 saturated heterocycles. The van der Waals surface area contributed by atoms with Crippen molar-refractivity contribution in [3.8, 4) is 0 Å². The highest BCUT2D eigenvalue weighted by Gasteiger charge is 2.32. The van der Waals surface area contributed by atoms with Crippen molar-refractivity contribution in [2.45, 2.75) is 33.4 Å². The fourth-order valence-electron chi connectivity index (χ4n) is 2.49. The summed E-state index contributed by atoms with van der Waals surface area (Å²) in [5.41, 5.74) is 0.186. The molecule has 0 radical (unpaired) electrons. The molecule has 25 heavy (non-hydrogen) atoms. The van der Waals surface area contributed by atoms with Crippen LogP contribution in [0.5, 0.6) is 0 Å². The van der Waals surface area contributed by atoms with Gasteiger partial charge in [0.15, 0.2) is 6.04 Å². The van der Waals surface area contributed by atoms with Crippen LogP contribution in [0.25, 0.3) is 0 Å². The lowest BCUT2D eigenvalue weighted by atomic mass is 9.91. The Bertz CT molecular complexity index is 825. The zero-order valence-corrected chi connectivity index (χ0v) is 14.5. The Kier molecular flexibility index (Phi) is 5.41. The number of carboxylic acids is 1. The molecule has 2 rings (SSSR count). The minimum atomic E-state index is -1.14. The van der Waals surface area contributed by atoms with Crippen LogP contribution in [0.15, 0.2) is 53.5 Å². The molecule has 1 amide bonds. The predicted octanol–water partition coefficient (Wildman–Crippen LogP) is 2.13. The van der Waals surface area contributed by atoms with Gasteiger partial charge in [-0.25, -0.2) is 4.79 Å². The van der Waals surface area contributed by atoms with E-state index in [4.69, 9.17) is 0 Å². The highest BCUT2D eigenvalue weighted by atomic mass is 16.4. The number of nitrogens with zero attached hydrogens (tertiary/aromatic N) is 1. The van der Waals surface area contributed by atoms with Gasteiger partial charge in [0.05, 0.1) is 5.41 Å². The number of nitrogens with one attached hydrogen (secondary N) is 1. The summed E-state index contributed by atoms with van der Waals surface area (Å²) < 4.78 is 1.45. The van der Waals surface area contributed by atoms with Crippen LogP contribution < -0.4 is 10.9 Å². The monoisotopic (exact) mass is 342 g/mol. The van der Waals surface area contributed by atoms with E-state index in [9.17, 15) is 19.5 Å². The molecule has 1 aromatic carbocycles. The summed E-state index contributed by atoms with van der Waals surface area (Å²) in [7, 11) is 0. The zero-order valence-electron chi connectivity index (χ0n) is 14.5. The van der Waals surface area contributed by atoms with E-state index in [2.05, 4.69) is 5.32 Å². The van der Waals surface area contributed by atoms with Crippen molar-refractivity contribution in [2.24, 2.45) is 5.41 Å². The first-order chi connectivity index (χ1) is 11.7. The van der Waals surface area contributed by atoms with E-state index in [0.29, 0.717) is 5.56 Å². The molecule has 0 aliphatic carbocycles. The average molecular weight is 342 g/mol. The fourth-order valence-corrected chi connectivity index (χ4v) is 2.49. The molecular formula is C19H22N2O4. The number of pyridine rings is 1. The summed E-state index contributed by atoms with van der Waals surface area (Å²) in [6.07, 6.45) is 1.64. The van der Waals surface area contributed by atoms with Crippen molar-refractivity contribution in [2.75, 3.05) is 0 Å². The number of hydrogen-bond acceptors (Lipinski definition) is 3. The molecular weight excluding hydrogens is 320 g/mol. The van der Waals surface area contributed by atoms with Crippen molar-refractivity contribution in [1.29, 1.82) is 0 Å². The second-order valence-electron chi connectivity index (χ2n) is 6.71. The number of aromatic nitrogens is 1. The van der Waals surface area contributed by atoms with Gasteiger partial charge in [0.1, 0.15) is 0 Å². The molecule has 1 atom stereocenters. The van der Waals surface area contributed by atoms with E-state index in [0.717, 1.165) is 5.56 Å². The first-order valence-electron chi connectivity index (χ1n) is 7.96.